The lowest BCUT2D eigenvalue weighted by Crippen LogP contribution is -2.03. The molecule has 0 atom stereocenters. The number of pyridine rings is 1. The Morgan fingerprint density at radius 3 is 2.69 bits per heavy atom. The van der Waals surface area contributed by atoms with Crippen molar-refractivity contribution in [2.45, 2.75) is 13.8 Å². The largest absolute Gasteiger partial charge is 0.354 e. The second-order valence-electron chi connectivity index (χ2n) is 3.49. The zero-order valence-corrected chi connectivity index (χ0v) is 9.44. The number of rotatable bonds is 3. The fourth-order valence-corrected chi connectivity index (χ4v) is 1.49. The predicted molar refractivity (Wildman–Crippen MR) is 64.2 cm³/mol. The molecule has 82 valence electrons. The van der Waals surface area contributed by atoms with E-state index in [1.807, 2.05) is 32.2 Å². The normalized spacial score (nSPS) is 10.1. The van der Waals surface area contributed by atoms with Gasteiger partial charge in [0.1, 0.15) is 0 Å². The van der Waals surface area contributed by atoms with Gasteiger partial charge in [0.2, 0.25) is 5.95 Å². The van der Waals surface area contributed by atoms with Gasteiger partial charge >= 0.3 is 0 Å². The van der Waals surface area contributed by atoms with E-state index in [0.29, 0.717) is 5.95 Å². The molecule has 0 fully saturated rings. The maximum atomic E-state index is 4.48. The van der Waals surface area contributed by atoms with Crippen LogP contribution in [0.4, 0.5) is 5.95 Å². The molecule has 0 saturated heterocycles. The Labute approximate surface area is 94.8 Å². The third-order valence-corrected chi connectivity index (χ3v) is 2.26. The summed E-state index contributed by atoms with van der Waals surface area (Å²) in [7, 11) is 0. The van der Waals surface area contributed by atoms with Crippen LogP contribution in [0.25, 0.3) is 11.3 Å². The minimum absolute atomic E-state index is 0.667. The van der Waals surface area contributed by atoms with E-state index in [1.54, 1.807) is 12.4 Å². The summed E-state index contributed by atoms with van der Waals surface area (Å²) in [6.45, 7) is 4.85. The van der Waals surface area contributed by atoms with Gasteiger partial charge in [0, 0.05) is 30.7 Å². The van der Waals surface area contributed by atoms with E-state index in [1.165, 1.54) is 0 Å². The van der Waals surface area contributed by atoms with Gasteiger partial charge in [-0.3, -0.25) is 4.98 Å². The third kappa shape index (κ3) is 2.16. The first-order valence-electron chi connectivity index (χ1n) is 5.29. The Morgan fingerprint density at radius 2 is 2.00 bits per heavy atom. The highest BCUT2D eigenvalue weighted by Gasteiger charge is 2.05. The smallest absolute Gasteiger partial charge is 0.223 e. The van der Waals surface area contributed by atoms with E-state index in [9.17, 15) is 0 Å². The second-order valence-corrected chi connectivity index (χ2v) is 3.49. The van der Waals surface area contributed by atoms with E-state index < -0.39 is 0 Å². The molecule has 4 heteroatoms. The fourth-order valence-electron chi connectivity index (χ4n) is 1.49. The van der Waals surface area contributed by atoms with Crippen molar-refractivity contribution in [1.82, 2.24) is 15.0 Å². The summed E-state index contributed by atoms with van der Waals surface area (Å²) in [6.07, 6.45) is 5.37. The zero-order valence-electron chi connectivity index (χ0n) is 9.44. The summed E-state index contributed by atoms with van der Waals surface area (Å²) in [6, 6.07) is 3.90. The highest BCUT2D eigenvalue weighted by atomic mass is 15.1. The van der Waals surface area contributed by atoms with Crippen molar-refractivity contribution in [1.29, 1.82) is 0 Å². The first kappa shape index (κ1) is 10.5. The van der Waals surface area contributed by atoms with E-state index in [0.717, 1.165) is 23.4 Å². The number of aromatic nitrogens is 3. The maximum Gasteiger partial charge on any atom is 0.223 e. The molecule has 0 aromatic carbocycles. The Morgan fingerprint density at radius 1 is 1.25 bits per heavy atom. The van der Waals surface area contributed by atoms with Gasteiger partial charge in [0.15, 0.2) is 0 Å². The van der Waals surface area contributed by atoms with Crippen molar-refractivity contribution in [3.8, 4) is 11.3 Å². The average molecular weight is 214 g/mol. The molecule has 0 spiro atoms. The standard InChI is InChI=1S/C12H14N4/c1-3-14-12-15-8-9(2)11(16-12)10-4-6-13-7-5-10/h4-8H,3H2,1-2H3,(H,14,15,16). The quantitative estimate of drug-likeness (QED) is 0.851. The molecule has 0 saturated carbocycles. The summed E-state index contributed by atoms with van der Waals surface area (Å²) >= 11 is 0. The third-order valence-electron chi connectivity index (χ3n) is 2.26. The van der Waals surface area contributed by atoms with Crippen molar-refractivity contribution in [2.24, 2.45) is 0 Å². The lowest BCUT2D eigenvalue weighted by molar-refractivity contribution is 1.07. The highest BCUT2D eigenvalue weighted by molar-refractivity contribution is 5.62. The predicted octanol–water partition coefficient (Wildman–Crippen LogP) is 2.28. The van der Waals surface area contributed by atoms with Crippen LogP contribution in [0.5, 0.6) is 0 Å². The Kier molecular flexibility index (Phi) is 3.10. The van der Waals surface area contributed by atoms with Gasteiger partial charge in [-0.25, -0.2) is 9.97 Å². The van der Waals surface area contributed by atoms with Crippen molar-refractivity contribution in [2.75, 3.05) is 11.9 Å². The van der Waals surface area contributed by atoms with Gasteiger partial charge in [0.25, 0.3) is 0 Å². The van der Waals surface area contributed by atoms with Crippen molar-refractivity contribution >= 4 is 5.95 Å². The summed E-state index contributed by atoms with van der Waals surface area (Å²) in [5.41, 5.74) is 3.08. The van der Waals surface area contributed by atoms with Crippen LogP contribution in [0, 0.1) is 6.92 Å². The van der Waals surface area contributed by atoms with Crippen molar-refractivity contribution < 1.29 is 0 Å². The SMILES string of the molecule is CCNc1ncc(C)c(-c2ccncc2)n1. The molecule has 2 aromatic heterocycles. The second kappa shape index (κ2) is 4.70. The molecule has 0 aliphatic carbocycles. The molecular weight excluding hydrogens is 200 g/mol. The summed E-state index contributed by atoms with van der Waals surface area (Å²) in [5.74, 6) is 0.667. The lowest BCUT2D eigenvalue weighted by atomic mass is 10.1. The Bertz CT molecular complexity index is 468. The van der Waals surface area contributed by atoms with E-state index in [4.69, 9.17) is 0 Å². The minimum Gasteiger partial charge on any atom is -0.354 e. The molecule has 2 aromatic rings. The van der Waals surface area contributed by atoms with Gasteiger partial charge in [-0.2, -0.15) is 0 Å². The topological polar surface area (TPSA) is 50.7 Å². The fraction of sp³-hybridized carbons (Fsp3) is 0.250. The summed E-state index contributed by atoms with van der Waals surface area (Å²) in [4.78, 5) is 12.7. The summed E-state index contributed by atoms with van der Waals surface area (Å²) < 4.78 is 0. The molecule has 0 aliphatic rings. The number of hydrogen-bond acceptors (Lipinski definition) is 4. The molecule has 0 amide bonds. The number of nitrogens with zero attached hydrogens (tertiary/aromatic N) is 3. The van der Waals surface area contributed by atoms with Crippen LogP contribution in [0.1, 0.15) is 12.5 Å². The van der Waals surface area contributed by atoms with E-state index in [-0.39, 0.29) is 0 Å². The van der Waals surface area contributed by atoms with Crippen LogP contribution in [0.15, 0.2) is 30.7 Å². The number of hydrogen-bond donors (Lipinski definition) is 1. The van der Waals surface area contributed by atoms with Crippen molar-refractivity contribution in [3.05, 3.63) is 36.3 Å². The monoisotopic (exact) mass is 214 g/mol. The molecule has 0 bridgehead atoms. The Hall–Kier alpha value is -1.97. The van der Waals surface area contributed by atoms with Gasteiger partial charge in [-0.1, -0.05) is 0 Å². The van der Waals surface area contributed by atoms with Crippen molar-refractivity contribution in [3.63, 3.8) is 0 Å². The van der Waals surface area contributed by atoms with Gasteiger partial charge in [0.05, 0.1) is 5.69 Å². The highest BCUT2D eigenvalue weighted by Crippen LogP contribution is 2.20. The van der Waals surface area contributed by atoms with Crippen LogP contribution in [-0.4, -0.2) is 21.5 Å². The number of nitrogens with one attached hydrogen (secondary N) is 1. The molecule has 1 N–H and O–H groups in total. The van der Waals surface area contributed by atoms with Gasteiger partial charge in [-0.15, -0.1) is 0 Å². The molecular formula is C12H14N4. The zero-order chi connectivity index (χ0) is 11.4. The molecule has 2 heterocycles. The molecule has 0 unspecified atom stereocenters. The number of aryl methyl sites for hydroxylation is 1. The van der Waals surface area contributed by atoms with Gasteiger partial charge < -0.3 is 5.32 Å². The van der Waals surface area contributed by atoms with Crippen LogP contribution in [0.3, 0.4) is 0 Å². The van der Waals surface area contributed by atoms with Crippen LogP contribution >= 0.6 is 0 Å². The van der Waals surface area contributed by atoms with E-state index >= 15 is 0 Å². The lowest BCUT2D eigenvalue weighted by Gasteiger charge is -2.07. The molecule has 0 aliphatic heterocycles. The Balaban J connectivity index is 2.43. The minimum atomic E-state index is 0.667. The maximum absolute atomic E-state index is 4.48. The van der Waals surface area contributed by atoms with Gasteiger partial charge in [-0.05, 0) is 31.5 Å². The van der Waals surface area contributed by atoms with E-state index in [2.05, 4.69) is 20.3 Å². The first-order chi connectivity index (χ1) is 7.81. The average Bonchev–Trinajstić information content (AvgIpc) is 2.33. The van der Waals surface area contributed by atoms with Crippen LogP contribution in [0.2, 0.25) is 0 Å². The number of anilines is 1. The van der Waals surface area contributed by atoms with Crippen LogP contribution in [-0.2, 0) is 0 Å². The molecule has 2 rings (SSSR count). The van der Waals surface area contributed by atoms with Crippen LogP contribution < -0.4 is 5.32 Å². The molecule has 16 heavy (non-hydrogen) atoms. The molecule has 4 nitrogen and oxygen atoms in total. The molecule has 0 radical (unpaired) electrons. The first-order valence-corrected chi connectivity index (χ1v) is 5.29. The summed E-state index contributed by atoms with van der Waals surface area (Å²) in [5, 5.41) is 3.11.